The Morgan fingerprint density at radius 3 is 2.55 bits per heavy atom. The maximum Gasteiger partial charge on any atom is 0.126 e. The molecular formula is C18H36NO3+. The first-order chi connectivity index (χ1) is 10.4. The molecule has 2 fully saturated rings. The van der Waals surface area contributed by atoms with Crippen LogP contribution in [0.2, 0.25) is 0 Å². The van der Waals surface area contributed by atoms with Gasteiger partial charge in [0.15, 0.2) is 0 Å². The van der Waals surface area contributed by atoms with Gasteiger partial charge in [0.2, 0.25) is 0 Å². The molecule has 0 aromatic carbocycles. The third-order valence-electron chi connectivity index (χ3n) is 5.67. The molecule has 2 rings (SSSR count). The second-order valence-corrected chi connectivity index (χ2v) is 8.21. The average molecular weight is 314 g/mol. The van der Waals surface area contributed by atoms with E-state index in [1.165, 1.54) is 12.8 Å². The van der Waals surface area contributed by atoms with Crippen molar-refractivity contribution < 1.29 is 19.1 Å². The molecule has 1 heterocycles. The van der Waals surface area contributed by atoms with Gasteiger partial charge in [-0.05, 0) is 30.6 Å². The van der Waals surface area contributed by atoms with Gasteiger partial charge in [0.05, 0.1) is 33.0 Å². The molecule has 130 valence electrons. The van der Waals surface area contributed by atoms with E-state index in [2.05, 4.69) is 27.8 Å². The fourth-order valence-electron chi connectivity index (χ4n) is 4.07. The van der Waals surface area contributed by atoms with Crippen LogP contribution < -0.4 is 0 Å². The van der Waals surface area contributed by atoms with Crippen LogP contribution in [0.15, 0.2) is 0 Å². The van der Waals surface area contributed by atoms with Crippen LogP contribution in [0.1, 0.15) is 40.0 Å². The van der Waals surface area contributed by atoms with Gasteiger partial charge in [0, 0.05) is 0 Å². The number of quaternary nitrogens is 1. The van der Waals surface area contributed by atoms with E-state index in [-0.39, 0.29) is 6.10 Å². The van der Waals surface area contributed by atoms with Crippen LogP contribution in [-0.2, 0) is 9.47 Å². The van der Waals surface area contributed by atoms with E-state index in [1.807, 2.05) is 0 Å². The van der Waals surface area contributed by atoms with Gasteiger partial charge in [-0.1, -0.05) is 27.2 Å². The lowest BCUT2D eigenvalue weighted by atomic mass is 9.75. The molecule has 1 saturated carbocycles. The lowest BCUT2D eigenvalue weighted by Gasteiger charge is -2.40. The van der Waals surface area contributed by atoms with Crippen molar-refractivity contribution in [3.63, 3.8) is 0 Å². The van der Waals surface area contributed by atoms with E-state index >= 15 is 0 Å². The fourth-order valence-corrected chi connectivity index (χ4v) is 4.07. The van der Waals surface area contributed by atoms with E-state index in [0.717, 1.165) is 49.7 Å². The normalized spacial score (nSPS) is 33.8. The van der Waals surface area contributed by atoms with E-state index < -0.39 is 0 Å². The predicted octanol–water partition coefficient (Wildman–Crippen LogP) is 2.30. The first-order valence-corrected chi connectivity index (χ1v) is 9.10. The minimum Gasteiger partial charge on any atom is -0.385 e. The highest BCUT2D eigenvalue weighted by atomic mass is 16.5. The minimum absolute atomic E-state index is 0.327. The van der Waals surface area contributed by atoms with Gasteiger partial charge in [-0.3, -0.25) is 0 Å². The Balaban J connectivity index is 1.79. The maximum atomic E-state index is 10.4. The minimum atomic E-state index is -0.367. The number of morpholine rings is 1. The molecule has 0 unspecified atom stereocenters. The first kappa shape index (κ1) is 18.2. The predicted molar refractivity (Wildman–Crippen MR) is 88.7 cm³/mol. The number of hydrogen-bond acceptors (Lipinski definition) is 3. The van der Waals surface area contributed by atoms with Crippen molar-refractivity contribution in [2.45, 2.75) is 52.2 Å². The third-order valence-corrected chi connectivity index (χ3v) is 5.67. The molecule has 4 nitrogen and oxygen atoms in total. The summed E-state index contributed by atoms with van der Waals surface area (Å²) >= 11 is 0. The van der Waals surface area contributed by atoms with Gasteiger partial charge < -0.3 is 19.1 Å². The highest BCUT2D eigenvalue weighted by Crippen LogP contribution is 2.35. The van der Waals surface area contributed by atoms with Crippen LogP contribution in [0, 0.1) is 17.8 Å². The summed E-state index contributed by atoms with van der Waals surface area (Å²) in [4.78, 5) is 0. The Morgan fingerprint density at radius 1 is 1.23 bits per heavy atom. The van der Waals surface area contributed by atoms with Crippen molar-refractivity contribution in [1.29, 1.82) is 0 Å². The Morgan fingerprint density at radius 2 is 1.91 bits per heavy atom. The van der Waals surface area contributed by atoms with Crippen molar-refractivity contribution >= 4 is 0 Å². The smallest absolute Gasteiger partial charge is 0.126 e. The molecule has 0 aromatic rings. The molecule has 22 heavy (non-hydrogen) atoms. The fraction of sp³-hybridized carbons (Fsp3) is 1.00. The van der Waals surface area contributed by atoms with Crippen LogP contribution >= 0.6 is 0 Å². The van der Waals surface area contributed by atoms with Crippen LogP contribution in [0.4, 0.5) is 0 Å². The number of hydrogen-bond donors (Lipinski definition) is 1. The summed E-state index contributed by atoms with van der Waals surface area (Å²) in [7, 11) is 2.21. The number of ether oxygens (including phenoxy) is 2. The summed E-state index contributed by atoms with van der Waals surface area (Å²) in [6.45, 7) is 11.8. The van der Waals surface area contributed by atoms with Crippen molar-refractivity contribution in [1.82, 2.24) is 0 Å². The zero-order valence-corrected chi connectivity index (χ0v) is 15.0. The highest BCUT2D eigenvalue weighted by Gasteiger charge is 2.33. The summed E-state index contributed by atoms with van der Waals surface area (Å²) in [5, 5.41) is 10.4. The summed E-state index contributed by atoms with van der Waals surface area (Å²) < 4.78 is 12.5. The van der Waals surface area contributed by atoms with Crippen molar-refractivity contribution in [2.24, 2.45) is 17.8 Å². The number of rotatable bonds is 6. The van der Waals surface area contributed by atoms with Gasteiger partial charge in [-0.25, -0.2) is 0 Å². The van der Waals surface area contributed by atoms with Crippen LogP contribution in [0.25, 0.3) is 0 Å². The van der Waals surface area contributed by atoms with Crippen molar-refractivity contribution in [3.05, 3.63) is 0 Å². The molecule has 4 heteroatoms. The zero-order valence-electron chi connectivity index (χ0n) is 15.0. The molecular weight excluding hydrogens is 278 g/mol. The molecule has 1 N–H and O–H groups in total. The standard InChI is InChI=1S/C18H36NO3/c1-14(2)17-6-5-15(3)11-18(17)22-13-16(20)12-19(4)7-9-21-10-8-19/h14-18,20H,5-13H2,1-4H3/q+1/t15-,16-,17+,18-/m1/s1. The van der Waals surface area contributed by atoms with E-state index in [1.54, 1.807) is 0 Å². The van der Waals surface area contributed by atoms with E-state index in [0.29, 0.717) is 24.5 Å². The van der Waals surface area contributed by atoms with Gasteiger partial charge in [0.1, 0.15) is 25.7 Å². The molecule has 1 aliphatic carbocycles. The molecule has 0 radical (unpaired) electrons. The summed E-state index contributed by atoms with van der Waals surface area (Å²) in [5.74, 6) is 2.07. The second kappa shape index (κ2) is 8.09. The van der Waals surface area contributed by atoms with Gasteiger partial charge >= 0.3 is 0 Å². The summed E-state index contributed by atoms with van der Waals surface area (Å²) in [6, 6.07) is 0. The molecule has 1 aliphatic heterocycles. The Hall–Kier alpha value is -0.160. The molecule has 0 aromatic heterocycles. The number of aliphatic hydroxyl groups is 1. The molecule has 1 saturated heterocycles. The zero-order chi connectivity index (χ0) is 16.2. The third kappa shape index (κ3) is 5.19. The number of nitrogens with zero attached hydrogens (tertiary/aromatic N) is 1. The van der Waals surface area contributed by atoms with E-state index in [9.17, 15) is 5.11 Å². The molecule has 0 bridgehead atoms. The topological polar surface area (TPSA) is 38.7 Å². The monoisotopic (exact) mass is 314 g/mol. The molecule has 0 amide bonds. The lowest BCUT2D eigenvalue weighted by Crippen LogP contribution is -2.56. The summed E-state index contributed by atoms with van der Waals surface area (Å²) in [5.41, 5.74) is 0. The Labute approximate surface area is 136 Å². The van der Waals surface area contributed by atoms with Gasteiger partial charge in [0.25, 0.3) is 0 Å². The SMILES string of the molecule is CC(C)[C@@H]1CC[C@@H](C)C[C@H]1OC[C@H](O)C[N+]1(C)CCOCC1. The molecule has 4 atom stereocenters. The molecule has 2 aliphatic rings. The largest absolute Gasteiger partial charge is 0.385 e. The van der Waals surface area contributed by atoms with Crippen molar-refractivity contribution in [3.8, 4) is 0 Å². The van der Waals surface area contributed by atoms with Gasteiger partial charge in [-0.15, -0.1) is 0 Å². The quantitative estimate of drug-likeness (QED) is 0.765. The van der Waals surface area contributed by atoms with Crippen LogP contribution in [0.5, 0.6) is 0 Å². The number of likely N-dealkylation sites (N-methyl/N-ethyl adjacent to an activating group) is 1. The van der Waals surface area contributed by atoms with Crippen LogP contribution in [-0.4, -0.2) is 68.3 Å². The van der Waals surface area contributed by atoms with E-state index in [4.69, 9.17) is 9.47 Å². The maximum absolute atomic E-state index is 10.4. The second-order valence-electron chi connectivity index (χ2n) is 8.21. The highest BCUT2D eigenvalue weighted by molar-refractivity contribution is 4.81. The number of aliphatic hydroxyl groups excluding tert-OH is 1. The van der Waals surface area contributed by atoms with Gasteiger partial charge in [-0.2, -0.15) is 0 Å². The summed E-state index contributed by atoms with van der Waals surface area (Å²) in [6.07, 6.45) is 3.70. The Bertz CT molecular complexity index is 328. The first-order valence-electron chi connectivity index (χ1n) is 9.10. The lowest BCUT2D eigenvalue weighted by molar-refractivity contribution is -0.919. The Kier molecular flexibility index (Phi) is 6.69. The molecule has 0 spiro atoms. The average Bonchev–Trinajstić information content (AvgIpc) is 2.45. The van der Waals surface area contributed by atoms with Crippen molar-refractivity contribution in [2.75, 3.05) is 46.5 Å². The van der Waals surface area contributed by atoms with Crippen LogP contribution in [0.3, 0.4) is 0 Å².